The Kier molecular flexibility index (Phi) is 4.89. The topological polar surface area (TPSA) is 98.7 Å². The average Bonchev–Trinajstić information content (AvgIpc) is 2.75. The standard InChI is InChI=1S/C11H20N2O4/c1-2-4-11(5-3-6-13-11)10(17)12-7-8(14)9(15)16/h8,13-14H,2-7H2,1H3,(H,12,17)(H,15,16)/t8-,11?/m0/s1. The molecule has 0 saturated carbocycles. The molecule has 1 aliphatic rings. The van der Waals surface area contributed by atoms with Crippen LogP contribution in [0.1, 0.15) is 32.6 Å². The van der Waals surface area contributed by atoms with Gasteiger partial charge < -0.3 is 20.8 Å². The molecular weight excluding hydrogens is 224 g/mol. The molecule has 0 aromatic carbocycles. The highest BCUT2D eigenvalue weighted by molar-refractivity contribution is 5.87. The Morgan fingerprint density at radius 2 is 2.24 bits per heavy atom. The van der Waals surface area contributed by atoms with Gasteiger partial charge in [-0.25, -0.2) is 4.79 Å². The minimum Gasteiger partial charge on any atom is -0.479 e. The lowest BCUT2D eigenvalue weighted by molar-refractivity contribution is -0.146. The lowest BCUT2D eigenvalue weighted by atomic mass is 9.91. The van der Waals surface area contributed by atoms with E-state index in [1.807, 2.05) is 6.92 Å². The van der Waals surface area contributed by atoms with Crippen LogP contribution >= 0.6 is 0 Å². The molecule has 1 heterocycles. The first-order valence-electron chi connectivity index (χ1n) is 5.96. The Bertz CT molecular complexity index is 287. The fraction of sp³-hybridized carbons (Fsp3) is 0.818. The van der Waals surface area contributed by atoms with E-state index >= 15 is 0 Å². The fourth-order valence-electron chi connectivity index (χ4n) is 2.20. The smallest absolute Gasteiger partial charge is 0.334 e. The number of carbonyl (C=O) groups excluding carboxylic acids is 1. The van der Waals surface area contributed by atoms with Crippen molar-refractivity contribution in [1.82, 2.24) is 10.6 Å². The molecule has 0 aliphatic carbocycles. The summed E-state index contributed by atoms with van der Waals surface area (Å²) in [5, 5.41) is 23.3. The third kappa shape index (κ3) is 3.41. The number of hydrogen-bond donors (Lipinski definition) is 4. The van der Waals surface area contributed by atoms with E-state index < -0.39 is 17.6 Å². The van der Waals surface area contributed by atoms with E-state index in [2.05, 4.69) is 10.6 Å². The van der Waals surface area contributed by atoms with Gasteiger partial charge in [0, 0.05) is 0 Å². The Labute approximate surface area is 100 Å². The first kappa shape index (κ1) is 13.9. The van der Waals surface area contributed by atoms with Gasteiger partial charge in [0.2, 0.25) is 5.91 Å². The number of hydrogen-bond acceptors (Lipinski definition) is 4. The van der Waals surface area contributed by atoms with Crippen molar-refractivity contribution < 1.29 is 19.8 Å². The monoisotopic (exact) mass is 244 g/mol. The van der Waals surface area contributed by atoms with Crippen LogP contribution in [0.5, 0.6) is 0 Å². The van der Waals surface area contributed by atoms with E-state index in [1.54, 1.807) is 0 Å². The van der Waals surface area contributed by atoms with Crippen molar-refractivity contribution in [2.24, 2.45) is 0 Å². The number of rotatable bonds is 6. The maximum atomic E-state index is 12.0. The molecular formula is C11H20N2O4. The Morgan fingerprint density at radius 3 is 2.71 bits per heavy atom. The first-order chi connectivity index (χ1) is 8.02. The predicted octanol–water partition coefficient (Wildman–Crippen LogP) is -0.530. The van der Waals surface area contributed by atoms with E-state index in [-0.39, 0.29) is 12.5 Å². The molecule has 0 spiro atoms. The Balaban J connectivity index is 2.52. The first-order valence-corrected chi connectivity index (χ1v) is 5.96. The van der Waals surface area contributed by atoms with Gasteiger partial charge in [0.1, 0.15) is 0 Å². The van der Waals surface area contributed by atoms with Gasteiger partial charge in [0.25, 0.3) is 0 Å². The summed E-state index contributed by atoms with van der Waals surface area (Å²) in [4.78, 5) is 22.4. The van der Waals surface area contributed by atoms with Crippen molar-refractivity contribution in [3.8, 4) is 0 Å². The molecule has 1 amide bonds. The highest BCUT2D eigenvalue weighted by Crippen LogP contribution is 2.24. The van der Waals surface area contributed by atoms with E-state index in [0.717, 1.165) is 32.2 Å². The van der Waals surface area contributed by atoms with E-state index in [0.29, 0.717) is 0 Å². The summed E-state index contributed by atoms with van der Waals surface area (Å²) >= 11 is 0. The zero-order valence-corrected chi connectivity index (χ0v) is 10.0. The molecule has 1 aliphatic heterocycles. The minimum atomic E-state index is -1.54. The second-order valence-electron chi connectivity index (χ2n) is 4.43. The van der Waals surface area contributed by atoms with Gasteiger partial charge in [-0.15, -0.1) is 0 Å². The number of nitrogens with one attached hydrogen (secondary N) is 2. The molecule has 0 aromatic heterocycles. The number of amides is 1. The maximum Gasteiger partial charge on any atom is 0.334 e. The van der Waals surface area contributed by atoms with Crippen LogP contribution in [0.3, 0.4) is 0 Å². The Morgan fingerprint density at radius 1 is 1.53 bits per heavy atom. The Hall–Kier alpha value is -1.14. The van der Waals surface area contributed by atoms with Crippen molar-refractivity contribution >= 4 is 11.9 Å². The van der Waals surface area contributed by atoms with Gasteiger partial charge in [0.15, 0.2) is 6.10 Å². The normalized spacial score (nSPS) is 25.5. The van der Waals surface area contributed by atoms with Crippen LogP contribution in [0.25, 0.3) is 0 Å². The summed E-state index contributed by atoms with van der Waals surface area (Å²) in [5.74, 6) is -1.54. The van der Waals surface area contributed by atoms with Crippen molar-refractivity contribution in [3.05, 3.63) is 0 Å². The second kappa shape index (κ2) is 5.97. The summed E-state index contributed by atoms with van der Waals surface area (Å²) in [5.41, 5.74) is -0.576. The minimum absolute atomic E-state index is 0.211. The molecule has 17 heavy (non-hydrogen) atoms. The third-order valence-electron chi connectivity index (χ3n) is 3.10. The molecule has 4 N–H and O–H groups in total. The lowest BCUT2D eigenvalue weighted by Gasteiger charge is -2.28. The van der Waals surface area contributed by atoms with Gasteiger partial charge in [-0.05, 0) is 25.8 Å². The average molecular weight is 244 g/mol. The molecule has 0 radical (unpaired) electrons. The van der Waals surface area contributed by atoms with Crippen LogP contribution in [-0.4, -0.2) is 46.8 Å². The highest BCUT2D eigenvalue weighted by Gasteiger charge is 2.39. The van der Waals surface area contributed by atoms with Crippen LogP contribution in [0, 0.1) is 0 Å². The van der Waals surface area contributed by atoms with Crippen molar-refractivity contribution in [2.45, 2.75) is 44.2 Å². The summed E-state index contributed by atoms with van der Waals surface area (Å²) in [6, 6.07) is 0. The highest BCUT2D eigenvalue weighted by atomic mass is 16.4. The number of carboxylic acids is 1. The molecule has 1 rings (SSSR count). The van der Waals surface area contributed by atoms with Crippen LogP contribution in [0.2, 0.25) is 0 Å². The van der Waals surface area contributed by atoms with Crippen LogP contribution in [-0.2, 0) is 9.59 Å². The SMILES string of the molecule is CCCC1(C(=O)NC[C@H](O)C(=O)O)CCCN1. The summed E-state index contributed by atoms with van der Waals surface area (Å²) < 4.78 is 0. The van der Waals surface area contributed by atoms with Gasteiger partial charge in [-0.1, -0.05) is 13.3 Å². The van der Waals surface area contributed by atoms with Crippen LogP contribution < -0.4 is 10.6 Å². The number of aliphatic carboxylic acids is 1. The number of carbonyl (C=O) groups is 2. The molecule has 98 valence electrons. The molecule has 6 nitrogen and oxygen atoms in total. The summed E-state index contributed by atoms with van der Waals surface area (Å²) in [6.07, 6.45) is 1.76. The van der Waals surface area contributed by atoms with Gasteiger partial charge in [0.05, 0.1) is 12.1 Å². The maximum absolute atomic E-state index is 12.0. The van der Waals surface area contributed by atoms with Crippen molar-refractivity contribution in [3.63, 3.8) is 0 Å². The number of carboxylic acid groups (broad SMARTS) is 1. The molecule has 2 atom stereocenters. The van der Waals surface area contributed by atoms with E-state index in [1.165, 1.54) is 0 Å². The second-order valence-corrected chi connectivity index (χ2v) is 4.43. The summed E-state index contributed by atoms with van der Waals surface area (Å²) in [6.45, 7) is 2.55. The van der Waals surface area contributed by atoms with Gasteiger partial charge in [-0.3, -0.25) is 4.79 Å². The molecule has 1 unspecified atom stereocenters. The summed E-state index contributed by atoms with van der Waals surface area (Å²) in [7, 11) is 0. The zero-order valence-electron chi connectivity index (χ0n) is 10.0. The predicted molar refractivity (Wildman–Crippen MR) is 61.5 cm³/mol. The largest absolute Gasteiger partial charge is 0.479 e. The number of aliphatic hydroxyl groups excluding tert-OH is 1. The molecule has 6 heteroatoms. The van der Waals surface area contributed by atoms with Gasteiger partial charge in [-0.2, -0.15) is 0 Å². The van der Waals surface area contributed by atoms with Gasteiger partial charge >= 0.3 is 5.97 Å². The fourth-order valence-corrected chi connectivity index (χ4v) is 2.20. The third-order valence-corrected chi connectivity index (χ3v) is 3.10. The van der Waals surface area contributed by atoms with E-state index in [4.69, 9.17) is 10.2 Å². The van der Waals surface area contributed by atoms with Crippen molar-refractivity contribution in [2.75, 3.05) is 13.1 Å². The molecule has 1 saturated heterocycles. The molecule has 1 fully saturated rings. The quantitative estimate of drug-likeness (QED) is 0.503. The molecule has 0 aromatic rings. The van der Waals surface area contributed by atoms with E-state index in [9.17, 15) is 9.59 Å². The molecule has 0 bridgehead atoms. The lowest BCUT2D eigenvalue weighted by Crippen LogP contribution is -2.55. The zero-order chi connectivity index (χ0) is 12.9. The van der Waals surface area contributed by atoms with Crippen LogP contribution in [0.15, 0.2) is 0 Å². The number of aliphatic hydroxyl groups is 1. The van der Waals surface area contributed by atoms with Crippen molar-refractivity contribution in [1.29, 1.82) is 0 Å². The van der Waals surface area contributed by atoms with Crippen LogP contribution in [0.4, 0.5) is 0 Å².